The fourth-order valence-corrected chi connectivity index (χ4v) is 10.9. The molecule has 8 rings (SSSR count). The highest BCUT2D eigenvalue weighted by Crippen LogP contribution is 2.52. The summed E-state index contributed by atoms with van der Waals surface area (Å²) in [4.78, 5) is 13.7. The molecule has 10 nitrogen and oxygen atoms in total. The lowest BCUT2D eigenvalue weighted by atomic mass is 9.79. The lowest BCUT2D eigenvalue weighted by Gasteiger charge is -2.47. The molecule has 0 saturated carbocycles. The van der Waals surface area contributed by atoms with E-state index in [1.807, 2.05) is 6.08 Å². The van der Waals surface area contributed by atoms with Crippen molar-refractivity contribution in [2.24, 2.45) is 0 Å². The molecule has 56 heavy (non-hydrogen) atoms. The van der Waals surface area contributed by atoms with E-state index in [2.05, 4.69) is 90.8 Å². The van der Waals surface area contributed by atoms with E-state index in [4.69, 9.17) is 4.74 Å². The number of nitrogens with zero attached hydrogens (tertiary/aromatic N) is 4. The number of carbonyl (C=O) groups is 1. The van der Waals surface area contributed by atoms with E-state index in [9.17, 15) is 22.9 Å². The van der Waals surface area contributed by atoms with Crippen molar-refractivity contribution in [3.05, 3.63) is 80.9 Å². The SMILES string of the molecule is CCCCn1cc[n+](CCCCCC(=O)O)c1C1=c2cc3c4c(c2Oc2c1cc1c5c2CCCN5C(C)(C)C=C1CS(=O)(=O)O)CCC[N+]=4C(C)(C)C=C3CC. The van der Waals surface area contributed by atoms with Gasteiger partial charge < -0.3 is 14.7 Å². The molecule has 0 radical (unpaired) electrons. The summed E-state index contributed by atoms with van der Waals surface area (Å²) < 4.78 is 50.2. The highest BCUT2D eigenvalue weighted by molar-refractivity contribution is 7.86. The fourth-order valence-electron chi connectivity index (χ4n) is 10.2. The second-order valence-electron chi connectivity index (χ2n) is 17.5. The molecule has 0 unspecified atom stereocenters. The Morgan fingerprint density at radius 2 is 1.71 bits per heavy atom. The Labute approximate surface area is 331 Å². The topological polar surface area (TPSA) is 116 Å². The number of anilines is 1. The highest BCUT2D eigenvalue weighted by atomic mass is 32.2. The Bertz CT molecular complexity index is 2450. The van der Waals surface area contributed by atoms with Gasteiger partial charge in [0.2, 0.25) is 5.36 Å². The van der Waals surface area contributed by atoms with Crippen molar-refractivity contribution in [3.8, 4) is 11.5 Å². The molecule has 0 spiro atoms. The van der Waals surface area contributed by atoms with Crippen molar-refractivity contribution >= 4 is 38.5 Å². The van der Waals surface area contributed by atoms with E-state index < -0.39 is 27.4 Å². The van der Waals surface area contributed by atoms with E-state index in [1.54, 1.807) is 0 Å². The highest BCUT2D eigenvalue weighted by Gasteiger charge is 2.44. The molecule has 298 valence electrons. The number of aryl methyl sites for hydroxylation is 2. The van der Waals surface area contributed by atoms with Crippen LogP contribution in [0.1, 0.15) is 133 Å². The Hall–Kier alpha value is -4.22. The largest absolute Gasteiger partial charge is 0.481 e. The number of carboxylic acids is 1. The number of carboxylic acid groups (broad SMARTS) is 1. The first-order chi connectivity index (χ1) is 26.6. The molecule has 2 aromatic carbocycles. The second-order valence-corrected chi connectivity index (χ2v) is 19.0. The van der Waals surface area contributed by atoms with Gasteiger partial charge in [-0.05, 0) is 94.6 Å². The van der Waals surface area contributed by atoms with Gasteiger partial charge in [0.25, 0.3) is 15.9 Å². The van der Waals surface area contributed by atoms with Crippen molar-refractivity contribution in [2.75, 3.05) is 23.7 Å². The molecule has 11 heteroatoms. The van der Waals surface area contributed by atoms with E-state index in [-0.39, 0.29) is 12.0 Å². The van der Waals surface area contributed by atoms with Crippen LogP contribution in [0.5, 0.6) is 11.5 Å². The summed E-state index contributed by atoms with van der Waals surface area (Å²) in [7, 11) is -4.32. The molecule has 1 aromatic heterocycles. The molecule has 0 atom stereocenters. The van der Waals surface area contributed by atoms with Crippen molar-refractivity contribution in [2.45, 2.75) is 136 Å². The van der Waals surface area contributed by atoms with E-state index >= 15 is 0 Å². The van der Waals surface area contributed by atoms with Crippen LogP contribution in [-0.4, -0.2) is 58.5 Å². The number of hydrogen-bond donors (Lipinski definition) is 2. The molecule has 0 fully saturated rings. The molecule has 5 aliphatic rings. The quantitative estimate of drug-likeness (QED) is 0.0916. The molecular formula is C45H58N4O6S+2. The number of fused-ring (bicyclic) bond motifs is 4. The minimum Gasteiger partial charge on any atom is -0.481 e. The van der Waals surface area contributed by atoms with Crippen molar-refractivity contribution in [1.82, 2.24) is 9.14 Å². The summed E-state index contributed by atoms with van der Waals surface area (Å²) >= 11 is 0. The normalized spacial score (nSPS) is 18.7. The van der Waals surface area contributed by atoms with Gasteiger partial charge >= 0.3 is 5.97 Å². The minimum atomic E-state index is -4.32. The molecule has 2 N–H and O–H groups in total. The smallest absolute Gasteiger partial charge is 0.303 e. The number of ether oxygens (including phenoxy) is 1. The Morgan fingerprint density at radius 1 is 0.929 bits per heavy atom. The van der Waals surface area contributed by atoms with Gasteiger partial charge in [-0.2, -0.15) is 8.42 Å². The van der Waals surface area contributed by atoms with Crippen LogP contribution >= 0.6 is 0 Å². The molecule has 0 bridgehead atoms. The lowest BCUT2D eigenvalue weighted by Crippen LogP contribution is -2.53. The predicted molar refractivity (Wildman–Crippen MR) is 220 cm³/mol. The number of unbranched alkanes of at least 4 members (excludes halogenated alkanes) is 3. The average Bonchev–Trinajstić information content (AvgIpc) is 3.53. The summed E-state index contributed by atoms with van der Waals surface area (Å²) in [5, 5.41) is 11.7. The molecule has 0 amide bonds. The maximum atomic E-state index is 12.6. The molecule has 6 heterocycles. The summed E-state index contributed by atoms with van der Waals surface area (Å²) in [5.41, 5.74) is 8.85. The number of benzene rings is 2. The van der Waals surface area contributed by atoms with Crippen LogP contribution in [0.4, 0.5) is 5.69 Å². The third kappa shape index (κ3) is 6.62. The number of aliphatic carboxylic acids is 1. The van der Waals surface area contributed by atoms with Crippen LogP contribution in [-0.2, 0) is 40.8 Å². The third-order valence-corrected chi connectivity index (χ3v) is 13.4. The maximum Gasteiger partial charge on any atom is 0.303 e. The lowest BCUT2D eigenvalue weighted by molar-refractivity contribution is -0.699. The Kier molecular flexibility index (Phi) is 9.87. The maximum absolute atomic E-state index is 12.6. The van der Waals surface area contributed by atoms with Gasteiger partial charge in [0, 0.05) is 55.1 Å². The van der Waals surface area contributed by atoms with Crippen LogP contribution < -0.4 is 29.4 Å². The summed E-state index contributed by atoms with van der Waals surface area (Å²) in [6.45, 7) is 16.7. The van der Waals surface area contributed by atoms with E-state index in [1.165, 1.54) is 22.1 Å². The van der Waals surface area contributed by atoms with Gasteiger partial charge in [-0.15, -0.1) is 0 Å². The van der Waals surface area contributed by atoms with Gasteiger partial charge in [-0.25, -0.2) is 13.7 Å². The van der Waals surface area contributed by atoms with Gasteiger partial charge in [0.05, 0.1) is 41.0 Å². The van der Waals surface area contributed by atoms with Gasteiger partial charge in [-0.3, -0.25) is 9.35 Å². The zero-order chi connectivity index (χ0) is 39.7. The molecular weight excluding hydrogens is 725 g/mol. The second kappa shape index (κ2) is 14.3. The van der Waals surface area contributed by atoms with Gasteiger partial charge in [0.15, 0.2) is 5.54 Å². The van der Waals surface area contributed by atoms with Gasteiger partial charge in [-0.1, -0.05) is 26.3 Å². The number of aromatic nitrogens is 2. The Balaban J connectivity index is 1.48. The first-order valence-electron chi connectivity index (χ1n) is 20.8. The standard InChI is InChI=1S/C45H56N4O6S/c1-7-9-18-46-22-23-47(19-12-10-11-17-37(50)51)43(46)38-35-24-33-29(8-2)26-44(3,4)48-20-13-15-31(39(33)48)41(35)55-42-32-16-14-21-49-40(32)34(25-36(38)42)30(27-45(49,5)6)28-56(52,53)54/h22-27H,7-21,28H2,1-6H3/p+2. The molecule has 5 aliphatic heterocycles. The fraction of sp³-hybridized carbons (Fsp3) is 0.533. The Morgan fingerprint density at radius 3 is 2.45 bits per heavy atom. The van der Waals surface area contributed by atoms with Crippen molar-refractivity contribution < 1.29 is 32.2 Å². The third-order valence-electron chi connectivity index (χ3n) is 12.7. The average molecular weight is 783 g/mol. The number of imidazole rings is 1. The van der Waals surface area contributed by atoms with Crippen LogP contribution in [0.2, 0.25) is 0 Å². The van der Waals surface area contributed by atoms with Crippen LogP contribution in [0.3, 0.4) is 0 Å². The van der Waals surface area contributed by atoms with Gasteiger partial charge in [0.1, 0.15) is 36.2 Å². The molecule has 0 aliphatic carbocycles. The van der Waals surface area contributed by atoms with Crippen molar-refractivity contribution in [1.29, 1.82) is 0 Å². The first-order valence-corrected chi connectivity index (χ1v) is 22.4. The summed E-state index contributed by atoms with van der Waals surface area (Å²) in [6.07, 6.45) is 17.9. The van der Waals surface area contributed by atoms with Crippen LogP contribution in [0, 0.1) is 0 Å². The summed E-state index contributed by atoms with van der Waals surface area (Å²) in [5.74, 6) is 1.64. The zero-order valence-corrected chi connectivity index (χ0v) is 34.8. The molecule has 0 saturated heterocycles. The first kappa shape index (κ1) is 38.6. The number of hydrogen-bond acceptors (Lipinski definition) is 5. The number of allylic oxidation sites excluding steroid dienone is 1. The molecule has 3 aromatic rings. The van der Waals surface area contributed by atoms with Crippen LogP contribution in [0.15, 0.2) is 36.7 Å². The summed E-state index contributed by atoms with van der Waals surface area (Å²) in [6, 6.07) is 4.53. The monoisotopic (exact) mass is 782 g/mol. The predicted octanol–water partition coefficient (Wildman–Crippen LogP) is 6.41. The van der Waals surface area contributed by atoms with E-state index in [0.717, 1.165) is 134 Å². The van der Waals surface area contributed by atoms with Crippen LogP contribution in [0.25, 0.3) is 16.7 Å². The number of rotatable bonds is 13. The van der Waals surface area contributed by atoms with Crippen molar-refractivity contribution in [3.63, 3.8) is 0 Å². The minimum absolute atomic E-state index is 0.133. The zero-order valence-electron chi connectivity index (χ0n) is 34.0. The van der Waals surface area contributed by atoms with E-state index in [0.29, 0.717) is 12.0 Å².